The van der Waals surface area contributed by atoms with Crippen molar-refractivity contribution in [2.45, 2.75) is 19.8 Å². The van der Waals surface area contributed by atoms with Gasteiger partial charge in [-0.05, 0) is 24.6 Å². The van der Waals surface area contributed by atoms with Crippen LogP contribution in [0.5, 0.6) is 0 Å². The minimum Gasteiger partial charge on any atom is -0.370 e. The highest BCUT2D eigenvalue weighted by molar-refractivity contribution is 6.30. The summed E-state index contributed by atoms with van der Waals surface area (Å²) in [4.78, 5) is 2.29. The number of unbranched alkanes of at least 4 members (excludes halogenated alkanes) is 1. The number of nitrogens with two attached hydrogens (primary N) is 1. The Balaban J connectivity index is 2.69. The van der Waals surface area contributed by atoms with E-state index in [1.807, 2.05) is 18.2 Å². The molecule has 0 unspecified atom stereocenters. The summed E-state index contributed by atoms with van der Waals surface area (Å²) in [5, 5.41) is 0.783. The molecule has 0 saturated heterocycles. The summed E-state index contributed by atoms with van der Waals surface area (Å²) < 4.78 is 0. The Morgan fingerprint density at radius 3 is 2.73 bits per heavy atom. The lowest BCUT2D eigenvalue weighted by atomic mass is 10.2. The minimum atomic E-state index is 0.677. The van der Waals surface area contributed by atoms with Crippen LogP contribution in [0.1, 0.15) is 19.8 Å². The molecule has 1 rings (SSSR count). The molecule has 0 radical (unpaired) electrons. The van der Waals surface area contributed by atoms with E-state index in [2.05, 4.69) is 17.9 Å². The molecule has 0 amide bonds. The Kier molecular flexibility index (Phi) is 5.51. The van der Waals surface area contributed by atoms with Crippen molar-refractivity contribution in [1.29, 1.82) is 0 Å². The molecule has 0 aliphatic carbocycles. The molecule has 2 nitrogen and oxygen atoms in total. The smallest absolute Gasteiger partial charge is 0.0426 e. The van der Waals surface area contributed by atoms with Gasteiger partial charge in [0.2, 0.25) is 0 Å². The third-order valence-corrected chi connectivity index (χ3v) is 2.59. The predicted molar refractivity (Wildman–Crippen MR) is 67.6 cm³/mol. The van der Waals surface area contributed by atoms with Crippen molar-refractivity contribution in [1.82, 2.24) is 0 Å². The van der Waals surface area contributed by atoms with Crippen LogP contribution < -0.4 is 10.6 Å². The van der Waals surface area contributed by atoms with Gasteiger partial charge < -0.3 is 10.6 Å². The first-order valence-corrected chi connectivity index (χ1v) is 5.86. The minimum absolute atomic E-state index is 0.677. The second kappa shape index (κ2) is 6.70. The van der Waals surface area contributed by atoms with Crippen LogP contribution in [-0.2, 0) is 0 Å². The Labute approximate surface area is 97.0 Å². The lowest BCUT2D eigenvalue weighted by molar-refractivity contribution is 0.715. The first-order chi connectivity index (χ1) is 7.27. The molecule has 15 heavy (non-hydrogen) atoms. The molecule has 0 aliphatic rings. The summed E-state index contributed by atoms with van der Waals surface area (Å²) in [7, 11) is 0. The van der Waals surface area contributed by atoms with Crippen LogP contribution in [0.4, 0.5) is 5.69 Å². The quantitative estimate of drug-likeness (QED) is 0.808. The van der Waals surface area contributed by atoms with E-state index >= 15 is 0 Å². The summed E-state index contributed by atoms with van der Waals surface area (Å²) in [6.45, 7) is 4.81. The lowest BCUT2D eigenvalue weighted by Gasteiger charge is -2.24. The molecule has 0 saturated carbocycles. The number of benzene rings is 1. The number of anilines is 1. The van der Waals surface area contributed by atoms with Crippen LogP contribution in [0.3, 0.4) is 0 Å². The normalized spacial score (nSPS) is 10.3. The van der Waals surface area contributed by atoms with Crippen molar-refractivity contribution in [3.05, 3.63) is 29.3 Å². The Hall–Kier alpha value is -0.730. The first-order valence-electron chi connectivity index (χ1n) is 5.48. The zero-order chi connectivity index (χ0) is 11.1. The molecule has 0 atom stereocenters. The third-order valence-electron chi connectivity index (χ3n) is 2.35. The van der Waals surface area contributed by atoms with E-state index in [1.165, 1.54) is 18.5 Å². The van der Waals surface area contributed by atoms with Crippen molar-refractivity contribution < 1.29 is 0 Å². The largest absolute Gasteiger partial charge is 0.370 e. The maximum atomic E-state index is 5.97. The van der Waals surface area contributed by atoms with Gasteiger partial charge in [-0.25, -0.2) is 0 Å². The number of hydrogen-bond acceptors (Lipinski definition) is 2. The number of nitrogens with zero attached hydrogens (tertiary/aromatic N) is 1. The fourth-order valence-corrected chi connectivity index (χ4v) is 1.73. The fourth-order valence-electron chi connectivity index (χ4n) is 1.55. The van der Waals surface area contributed by atoms with Gasteiger partial charge in [-0.2, -0.15) is 0 Å². The van der Waals surface area contributed by atoms with Gasteiger partial charge in [-0.3, -0.25) is 0 Å². The zero-order valence-electron chi connectivity index (χ0n) is 9.25. The molecule has 2 N–H and O–H groups in total. The molecule has 0 heterocycles. The van der Waals surface area contributed by atoms with Gasteiger partial charge in [0.25, 0.3) is 0 Å². The van der Waals surface area contributed by atoms with Gasteiger partial charge in [0.05, 0.1) is 0 Å². The number of halogens is 1. The van der Waals surface area contributed by atoms with Gasteiger partial charge in [-0.15, -0.1) is 0 Å². The van der Waals surface area contributed by atoms with Crippen molar-refractivity contribution in [2.75, 3.05) is 24.5 Å². The Bertz CT molecular complexity index is 289. The topological polar surface area (TPSA) is 29.3 Å². The zero-order valence-corrected chi connectivity index (χ0v) is 10.0. The number of rotatable bonds is 6. The summed E-state index contributed by atoms with van der Waals surface area (Å²) in [5.41, 5.74) is 6.77. The van der Waals surface area contributed by atoms with Crippen molar-refractivity contribution in [3.8, 4) is 0 Å². The van der Waals surface area contributed by atoms with Crippen LogP contribution >= 0.6 is 11.6 Å². The molecule has 0 aromatic heterocycles. The molecule has 0 spiro atoms. The van der Waals surface area contributed by atoms with Gasteiger partial charge in [0, 0.05) is 30.3 Å². The monoisotopic (exact) mass is 226 g/mol. The van der Waals surface area contributed by atoms with E-state index in [0.29, 0.717) is 6.54 Å². The molecule has 0 bridgehead atoms. The molecule has 0 aliphatic heterocycles. The summed E-state index contributed by atoms with van der Waals surface area (Å²) in [5.74, 6) is 0. The van der Waals surface area contributed by atoms with E-state index in [1.54, 1.807) is 0 Å². The maximum Gasteiger partial charge on any atom is 0.0426 e. The van der Waals surface area contributed by atoms with Crippen LogP contribution in [-0.4, -0.2) is 19.6 Å². The van der Waals surface area contributed by atoms with Crippen LogP contribution in [0.25, 0.3) is 0 Å². The first kappa shape index (κ1) is 12.3. The molecule has 1 aromatic rings. The van der Waals surface area contributed by atoms with Gasteiger partial charge in [-0.1, -0.05) is 31.0 Å². The highest BCUT2D eigenvalue weighted by Crippen LogP contribution is 2.19. The standard InChI is InChI=1S/C12H19ClN2/c1-2-3-8-15(9-7-14)12-6-4-5-11(13)10-12/h4-6,10H,2-3,7-9,14H2,1H3. The van der Waals surface area contributed by atoms with Crippen molar-refractivity contribution in [2.24, 2.45) is 5.73 Å². The number of hydrogen-bond donors (Lipinski definition) is 1. The Morgan fingerprint density at radius 1 is 1.33 bits per heavy atom. The summed E-state index contributed by atoms with van der Waals surface area (Å²) in [6, 6.07) is 7.95. The average molecular weight is 227 g/mol. The van der Waals surface area contributed by atoms with E-state index in [9.17, 15) is 0 Å². The molecule has 0 fully saturated rings. The van der Waals surface area contributed by atoms with E-state index in [4.69, 9.17) is 17.3 Å². The fraction of sp³-hybridized carbons (Fsp3) is 0.500. The molecule has 1 aromatic carbocycles. The Morgan fingerprint density at radius 2 is 2.13 bits per heavy atom. The van der Waals surface area contributed by atoms with Gasteiger partial charge in [0.1, 0.15) is 0 Å². The highest BCUT2D eigenvalue weighted by atomic mass is 35.5. The van der Waals surface area contributed by atoms with Crippen LogP contribution in [0.15, 0.2) is 24.3 Å². The molecule has 3 heteroatoms. The SMILES string of the molecule is CCCCN(CCN)c1cccc(Cl)c1. The second-order valence-electron chi connectivity index (χ2n) is 3.61. The average Bonchev–Trinajstić information content (AvgIpc) is 2.24. The lowest BCUT2D eigenvalue weighted by Crippen LogP contribution is -2.30. The summed E-state index contributed by atoms with van der Waals surface area (Å²) in [6.07, 6.45) is 2.38. The maximum absolute atomic E-state index is 5.97. The molecular weight excluding hydrogens is 208 g/mol. The molecule has 84 valence electrons. The second-order valence-corrected chi connectivity index (χ2v) is 4.05. The van der Waals surface area contributed by atoms with Crippen molar-refractivity contribution >= 4 is 17.3 Å². The van der Waals surface area contributed by atoms with Crippen LogP contribution in [0.2, 0.25) is 5.02 Å². The van der Waals surface area contributed by atoms with Gasteiger partial charge >= 0.3 is 0 Å². The molecular formula is C12H19ClN2. The van der Waals surface area contributed by atoms with E-state index in [-0.39, 0.29) is 0 Å². The summed E-state index contributed by atoms with van der Waals surface area (Å²) >= 11 is 5.97. The third kappa shape index (κ3) is 4.10. The van der Waals surface area contributed by atoms with Gasteiger partial charge in [0.15, 0.2) is 0 Å². The van der Waals surface area contributed by atoms with E-state index < -0.39 is 0 Å². The van der Waals surface area contributed by atoms with Crippen LogP contribution in [0, 0.1) is 0 Å². The predicted octanol–water partition coefficient (Wildman–Crippen LogP) is 2.91. The van der Waals surface area contributed by atoms with Crippen molar-refractivity contribution in [3.63, 3.8) is 0 Å². The highest BCUT2D eigenvalue weighted by Gasteiger charge is 2.04. The van der Waals surface area contributed by atoms with E-state index in [0.717, 1.165) is 18.1 Å².